The average molecular weight is 421 g/mol. The summed E-state index contributed by atoms with van der Waals surface area (Å²) < 4.78 is 38.9. The minimum absolute atomic E-state index is 0.259. The molecule has 1 N–H and O–H groups in total. The lowest BCUT2D eigenvalue weighted by molar-refractivity contribution is -0.137. The quantitative estimate of drug-likeness (QED) is 0.515. The number of nitrogens with zero attached hydrogens (tertiary/aromatic N) is 2. The second-order valence-corrected chi connectivity index (χ2v) is 7.96. The summed E-state index contributed by atoms with van der Waals surface area (Å²) >= 11 is 0. The van der Waals surface area contributed by atoms with Crippen molar-refractivity contribution in [3.63, 3.8) is 0 Å². The van der Waals surface area contributed by atoms with E-state index in [1.165, 1.54) is 12.1 Å². The summed E-state index contributed by atoms with van der Waals surface area (Å²) in [6.45, 7) is 3.33. The highest BCUT2D eigenvalue weighted by Gasteiger charge is 2.31. The molecule has 1 aliphatic heterocycles. The fourth-order valence-corrected chi connectivity index (χ4v) is 4.17. The molecule has 1 heterocycles. The molecule has 1 aliphatic rings. The van der Waals surface area contributed by atoms with Crippen molar-refractivity contribution in [1.29, 1.82) is 0 Å². The van der Waals surface area contributed by atoms with Gasteiger partial charge in [0.1, 0.15) is 0 Å². The zero-order valence-electron chi connectivity index (χ0n) is 17.3. The van der Waals surface area contributed by atoms with Crippen LogP contribution in [0.5, 0.6) is 0 Å². The van der Waals surface area contributed by atoms with Crippen LogP contribution in [-0.2, 0) is 6.18 Å². The van der Waals surface area contributed by atoms with Crippen molar-refractivity contribution in [2.45, 2.75) is 50.7 Å². The van der Waals surface area contributed by atoms with E-state index in [9.17, 15) is 13.2 Å². The van der Waals surface area contributed by atoms with E-state index in [4.69, 9.17) is 5.11 Å². The lowest BCUT2D eigenvalue weighted by atomic mass is 10.0. The Balaban J connectivity index is 1.66. The van der Waals surface area contributed by atoms with Crippen molar-refractivity contribution in [1.82, 2.24) is 4.90 Å². The van der Waals surface area contributed by atoms with Crippen LogP contribution in [0.2, 0.25) is 0 Å². The maximum Gasteiger partial charge on any atom is 0.416 e. The summed E-state index contributed by atoms with van der Waals surface area (Å²) in [5.74, 6) is 0. The molecule has 1 fully saturated rings. The van der Waals surface area contributed by atoms with E-state index in [-0.39, 0.29) is 12.6 Å². The number of aliphatic hydroxyl groups is 1. The van der Waals surface area contributed by atoms with Gasteiger partial charge in [0.25, 0.3) is 0 Å². The van der Waals surface area contributed by atoms with Crippen LogP contribution in [-0.4, -0.2) is 42.3 Å². The summed E-state index contributed by atoms with van der Waals surface area (Å²) in [6.07, 6.45) is 1.87. The first-order valence-electron chi connectivity index (χ1n) is 10.8. The molecule has 3 rings (SSSR count). The summed E-state index contributed by atoms with van der Waals surface area (Å²) in [5.41, 5.74) is 1.20. The number of unbranched alkanes of at least 4 members (excludes halogenated alkanes) is 3. The first-order valence-corrected chi connectivity index (χ1v) is 10.8. The van der Waals surface area contributed by atoms with Crippen molar-refractivity contribution in [3.05, 3.63) is 60.2 Å². The van der Waals surface area contributed by atoms with Gasteiger partial charge in [0.2, 0.25) is 0 Å². The number of likely N-dealkylation sites (tertiary alicyclic amines) is 1. The molecular formula is C24H31F3N2O. The molecule has 2 aromatic rings. The smallest absolute Gasteiger partial charge is 0.396 e. The topological polar surface area (TPSA) is 26.7 Å². The van der Waals surface area contributed by atoms with Crippen molar-refractivity contribution in [3.8, 4) is 0 Å². The maximum absolute atomic E-state index is 13.0. The minimum atomic E-state index is -4.32. The second kappa shape index (κ2) is 10.8. The van der Waals surface area contributed by atoms with E-state index in [2.05, 4.69) is 9.80 Å². The second-order valence-electron chi connectivity index (χ2n) is 7.96. The maximum atomic E-state index is 13.0. The molecule has 0 saturated carbocycles. The first-order chi connectivity index (χ1) is 14.5. The molecule has 0 atom stereocenters. The Morgan fingerprint density at radius 3 is 2.03 bits per heavy atom. The fraction of sp³-hybridized carbons (Fsp3) is 0.500. The van der Waals surface area contributed by atoms with Gasteiger partial charge in [-0.05, 0) is 68.6 Å². The molecule has 0 bridgehead atoms. The van der Waals surface area contributed by atoms with Gasteiger partial charge in [0, 0.05) is 37.1 Å². The number of rotatable bonds is 9. The Bertz CT molecular complexity index is 741. The Kier molecular flexibility index (Phi) is 8.16. The summed E-state index contributed by atoms with van der Waals surface area (Å²) in [7, 11) is 0. The van der Waals surface area contributed by atoms with E-state index < -0.39 is 11.7 Å². The number of anilines is 2. The highest BCUT2D eigenvalue weighted by atomic mass is 19.4. The summed E-state index contributed by atoms with van der Waals surface area (Å²) in [4.78, 5) is 4.67. The Morgan fingerprint density at radius 1 is 0.833 bits per heavy atom. The molecule has 0 spiro atoms. The number of hydrogen-bond donors (Lipinski definition) is 1. The van der Waals surface area contributed by atoms with Crippen LogP contribution in [0, 0.1) is 0 Å². The molecule has 0 radical (unpaired) electrons. The molecule has 0 aromatic heterocycles. The molecule has 6 heteroatoms. The molecule has 3 nitrogen and oxygen atoms in total. The zero-order chi connectivity index (χ0) is 21.4. The van der Waals surface area contributed by atoms with Crippen LogP contribution in [0.15, 0.2) is 54.6 Å². The van der Waals surface area contributed by atoms with E-state index in [1.54, 1.807) is 12.1 Å². The van der Waals surface area contributed by atoms with Crippen molar-refractivity contribution in [2.75, 3.05) is 31.1 Å². The molecule has 0 amide bonds. The van der Waals surface area contributed by atoms with Crippen LogP contribution in [0.4, 0.5) is 24.5 Å². The predicted octanol–water partition coefficient (Wildman–Crippen LogP) is 5.86. The number of piperidine rings is 1. The first kappa shape index (κ1) is 22.6. The van der Waals surface area contributed by atoms with Gasteiger partial charge in [-0.3, -0.25) is 0 Å². The number of hydrogen-bond acceptors (Lipinski definition) is 3. The SMILES string of the molecule is OCCCCCCN1CCC(N(c2ccccc2)c2ccc(C(F)(F)F)cc2)CC1. The molecule has 1 saturated heterocycles. The Labute approximate surface area is 177 Å². The van der Waals surface area contributed by atoms with Gasteiger partial charge in [-0.25, -0.2) is 0 Å². The zero-order valence-corrected chi connectivity index (χ0v) is 17.3. The van der Waals surface area contributed by atoms with E-state index in [0.29, 0.717) is 0 Å². The van der Waals surface area contributed by atoms with Gasteiger partial charge in [0.15, 0.2) is 0 Å². The van der Waals surface area contributed by atoms with E-state index >= 15 is 0 Å². The van der Waals surface area contributed by atoms with Crippen LogP contribution < -0.4 is 4.90 Å². The summed E-state index contributed by atoms with van der Waals surface area (Å²) in [5, 5.41) is 8.87. The average Bonchev–Trinajstić information content (AvgIpc) is 2.75. The third-order valence-corrected chi connectivity index (χ3v) is 5.81. The van der Waals surface area contributed by atoms with Crippen LogP contribution in [0.3, 0.4) is 0 Å². The van der Waals surface area contributed by atoms with E-state index in [1.807, 2.05) is 30.3 Å². The molecule has 0 aliphatic carbocycles. The van der Waals surface area contributed by atoms with Crippen molar-refractivity contribution >= 4 is 11.4 Å². The number of para-hydroxylation sites is 1. The molecule has 30 heavy (non-hydrogen) atoms. The highest BCUT2D eigenvalue weighted by Crippen LogP contribution is 2.35. The summed E-state index contributed by atoms with van der Waals surface area (Å²) in [6, 6.07) is 15.7. The number of halogens is 3. The molecule has 2 aromatic carbocycles. The highest BCUT2D eigenvalue weighted by molar-refractivity contribution is 5.64. The van der Waals surface area contributed by atoms with Gasteiger partial charge in [-0.15, -0.1) is 0 Å². The largest absolute Gasteiger partial charge is 0.416 e. The van der Waals surface area contributed by atoms with Crippen LogP contribution in [0.25, 0.3) is 0 Å². The van der Waals surface area contributed by atoms with Crippen LogP contribution in [0.1, 0.15) is 44.1 Å². The number of benzene rings is 2. The minimum Gasteiger partial charge on any atom is -0.396 e. The molecular weight excluding hydrogens is 389 g/mol. The van der Waals surface area contributed by atoms with Gasteiger partial charge in [-0.2, -0.15) is 13.2 Å². The monoisotopic (exact) mass is 420 g/mol. The van der Waals surface area contributed by atoms with Crippen molar-refractivity contribution < 1.29 is 18.3 Å². The van der Waals surface area contributed by atoms with Crippen LogP contribution >= 0.6 is 0 Å². The van der Waals surface area contributed by atoms with Gasteiger partial charge >= 0.3 is 6.18 Å². The normalized spacial score (nSPS) is 16.0. The van der Waals surface area contributed by atoms with Gasteiger partial charge < -0.3 is 14.9 Å². The Hall–Kier alpha value is -2.05. The number of aliphatic hydroxyl groups excluding tert-OH is 1. The predicted molar refractivity (Wildman–Crippen MR) is 115 cm³/mol. The molecule has 0 unspecified atom stereocenters. The van der Waals surface area contributed by atoms with Gasteiger partial charge in [-0.1, -0.05) is 31.0 Å². The third-order valence-electron chi connectivity index (χ3n) is 5.81. The Morgan fingerprint density at radius 2 is 1.43 bits per heavy atom. The third kappa shape index (κ3) is 6.22. The van der Waals surface area contributed by atoms with Gasteiger partial charge in [0.05, 0.1) is 5.56 Å². The standard InChI is InChI=1S/C24H31F3N2O/c25-24(26,27)20-10-12-22(13-11-20)29(21-8-4-3-5-9-21)23-14-17-28(18-15-23)16-6-1-2-7-19-30/h3-5,8-13,23,30H,1-2,6-7,14-19H2. The van der Waals surface area contributed by atoms with Crippen molar-refractivity contribution in [2.24, 2.45) is 0 Å². The van der Waals surface area contributed by atoms with E-state index in [0.717, 1.165) is 69.5 Å². The lowest BCUT2D eigenvalue weighted by Gasteiger charge is -2.40. The lowest BCUT2D eigenvalue weighted by Crippen LogP contribution is -2.43. The number of alkyl halides is 3. The molecule has 164 valence electrons. The fourth-order valence-electron chi connectivity index (χ4n) is 4.17.